The maximum Gasteiger partial charge on any atom is 0.379 e. The third kappa shape index (κ3) is 7.41. The molecule has 0 amide bonds. The Morgan fingerprint density at radius 1 is 0.981 bits per heavy atom. The predicted molar refractivity (Wildman–Crippen MR) is 196 cm³/mol. The molecule has 3 atom stereocenters. The van der Waals surface area contributed by atoms with Gasteiger partial charge in [0.1, 0.15) is 4.49 Å². The lowest BCUT2D eigenvalue weighted by Gasteiger charge is -2.25. The number of ether oxygens (including phenoxy) is 5. The Morgan fingerprint density at radius 3 is 2.34 bits per heavy atom. The van der Waals surface area contributed by atoms with Gasteiger partial charge in [0.2, 0.25) is 5.76 Å². The first-order valence-electron chi connectivity index (χ1n) is 16.3. The Kier molecular flexibility index (Phi) is 10.7. The van der Waals surface area contributed by atoms with E-state index in [0.717, 1.165) is 11.3 Å². The average molecular weight is 782 g/mol. The van der Waals surface area contributed by atoms with Gasteiger partial charge in [-0.15, -0.1) is 0 Å². The molecular weight excluding hydrogens is 747 g/mol. The van der Waals surface area contributed by atoms with Crippen molar-refractivity contribution in [3.05, 3.63) is 113 Å². The molecule has 3 heterocycles. The summed E-state index contributed by atoms with van der Waals surface area (Å²) in [7, 11) is 2.85. The number of rotatable bonds is 11. The zero-order chi connectivity index (χ0) is 38.2. The van der Waals surface area contributed by atoms with Gasteiger partial charge in [0.05, 0.1) is 54.9 Å². The monoisotopic (exact) mass is 780 g/mol. The molecule has 1 aliphatic carbocycles. The van der Waals surface area contributed by atoms with Gasteiger partial charge in [0, 0.05) is 0 Å². The van der Waals surface area contributed by atoms with E-state index in [1.165, 1.54) is 37.2 Å². The third-order valence-electron chi connectivity index (χ3n) is 9.11. The van der Waals surface area contributed by atoms with Crippen LogP contribution in [-0.2, 0) is 14.3 Å². The lowest BCUT2D eigenvalue weighted by Crippen LogP contribution is -2.40. The van der Waals surface area contributed by atoms with E-state index < -0.39 is 35.4 Å². The van der Waals surface area contributed by atoms with Gasteiger partial charge in [-0.25, -0.2) is 14.6 Å². The van der Waals surface area contributed by atoms with Crippen molar-refractivity contribution in [2.45, 2.75) is 33.7 Å². The number of esters is 3. The Bertz CT molecular complexity index is 2350. The summed E-state index contributed by atoms with van der Waals surface area (Å²) in [5.74, 6) is -1.66. The smallest absolute Gasteiger partial charge is 0.379 e. The molecule has 6 rings (SSSR count). The molecule has 0 radical (unpaired) electrons. The fourth-order valence-corrected chi connectivity index (χ4v) is 7.66. The van der Waals surface area contributed by atoms with Crippen molar-refractivity contribution in [3.8, 4) is 23.0 Å². The van der Waals surface area contributed by atoms with Crippen LogP contribution in [0, 0.1) is 17.3 Å². The fraction of sp³-hybridized carbons (Fsp3) is 0.289. The Hall–Kier alpha value is -5.11. The quantitative estimate of drug-likeness (QED) is 0.129. The summed E-state index contributed by atoms with van der Waals surface area (Å²) in [5, 5.41) is 0. The molecule has 1 saturated carbocycles. The SMILES string of the molecule is CCOC(=O)C1=C(C)N=c2s/c(=C\c3ccc(OC(=O)[C@H]4[C@H](C=C(Cl)Cl)C4(C)C)c(OC)c3)c(=O)n2[C@@H]1c1ccc(OC(=O)c2ccco2)c(OC)c1. The van der Waals surface area contributed by atoms with Crippen molar-refractivity contribution in [3.63, 3.8) is 0 Å². The van der Waals surface area contributed by atoms with Crippen molar-refractivity contribution in [2.75, 3.05) is 20.8 Å². The van der Waals surface area contributed by atoms with E-state index in [0.29, 0.717) is 26.2 Å². The first kappa shape index (κ1) is 37.6. The molecule has 0 saturated heterocycles. The highest BCUT2D eigenvalue weighted by Crippen LogP contribution is 2.60. The zero-order valence-electron chi connectivity index (χ0n) is 29.4. The topological polar surface area (TPSA) is 145 Å². The normalized spacial score (nSPS) is 18.7. The van der Waals surface area contributed by atoms with E-state index in [1.807, 2.05) is 13.8 Å². The number of hydrogen-bond acceptors (Lipinski definition) is 12. The number of halogens is 2. The molecular formula is C38H34Cl2N2O10S. The van der Waals surface area contributed by atoms with Crippen molar-refractivity contribution < 1.29 is 42.5 Å². The Morgan fingerprint density at radius 2 is 1.68 bits per heavy atom. The van der Waals surface area contributed by atoms with Gasteiger partial charge in [-0.1, -0.05) is 60.5 Å². The third-order valence-corrected chi connectivity index (χ3v) is 10.3. The van der Waals surface area contributed by atoms with Crippen LogP contribution in [0.3, 0.4) is 0 Å². The van der Waals surface area contributed by atoms with E-state index in [4.69, 9.17) is 51.3 Å². The zero-order valence-corrected chi connectivity index (χ0v) is 31.8. The summed E-state index contributed by atoms with van der Waals surface area (Å²) in [6.45, 7) is 7.32. The van der Waals surface area contributed by atoms with Gasteiger partial charge in [-0.2, -0.15) is 0 Å². The summed E-state index contributed by atoms with van der Waals surface area (Å²) >= 11 is 12.8. The van der Waals surface area contributed by atoms with Gasteiger partial charge < -0.3 is 28.1 Å². The van der Waals surface area contributed by atoms with Crippen LogP contribution in [-0.4, -0.2) is 43.3 Å². The number of methoxy groups -OCH3 is 2. The number of carbonyl (C=O) groups is 3. The van der Waals surface area contributed by atoms with Gasteiger partial charge in [0.25, 0.3) is 5.56 Å². The van der Waals surface area contributed by atoms with Crippen molar-refractivity contribution >= 4 is 58.5 Å². The van der Waals surface area contributed by atoms with E-state index in [-0.39, 0.29) is 56.8 Å². The number of thiazole rings is 1. The van der Waals surface area contributed by atoms with E-state index in [1.54, 1.807) is 62.4 Å². The number of aromatic nitrogens is 1. The van der Waals surface area contributed by atoms with Crippen molar-refractivity contribution in [1.82, 2.24) is 4.57 Å². The first-order valence-corrected chi connectivity index (χ1v) is 17.9. The molecule has 2 aliphatic rings. The van der Waals surface area contributed by atoms with Crippen LogP contribution < -0.4 is 33.8 Å². The van der Waals surface area contributed by atoms with Gasteiger partial charge in [-0.05, 0) is 84.9 Å². The molecule has 4 aromatic rings. The van der Waals surface area contributed by atoms with Crippen LogP contribution in [0.15, 0.2) is 90.8 Å². The largest absolute Gasteiger partial charge is 0.493 e. The average Bonchev–Trinajstić information content (AvgIpc) is 3.47. The highest BCUT2D eigenvalue weighted by molar-refractivity contribution is 7.07. The molecule has 0 unspecified atom stereocenters. The van der Waals surface area contributed by atoms with Crippen LogP contribution in [0.25, 0.3) is 6.08 Å². The maximum atomic E-state index is 14.2. The van der Waals surface area contributed by atoms with Crippen LogP contribution in [0.2, 0.25) is 0 Å². The molecule has 0 bridgehead atoms. The predicted octanol–water partition coefficient (Wildman–Crippen LogP) is 6.12. The lowest BCUT2D eigenvalue weighted by molar-refractivity contribution is -0.139. The summed E-state index contributed by atoms with van der Waals surface area (Å²) in [6.07, 6.45) is 4.65. The van der Waals surface area contributed by atoms with Gasteiger partial charge >= 0.3 is 17.9 Å². The minimum absolute atomic E-state index is 0.00153. The summed E-state index contributed by atoms with van der Waals surface area (Å²) in [6, 6.07) is 11.7. The first-order chi connectivity index (χ1) is 25.3. The standard InChI is InChI=1S/C38H34Cl2N2O10S/c1-7-49-35(45)30-19(2)41-37-42(32(30)21-11-13-24(27(17-21)48-6)51-34(44)25-9-8-14-50-25)33(43)28(53-37)16-20-10-12-23(26(15-20)47-5)52-36(46)31-22(18-29(39)40)38(31,3)4/h8-18,22,31-32H,7H2,1-6H3/b28-16-/t22-,31+,32+/m0/s1. The van der Waals surface area contributed by atoms with Crippen LogP contribution in [0.1, 0.15) is 55.4 Å². The lowest BCUT2D eigenvalue weighted by atomic mass is 9.95. The molecule has 2 aromatic carbocycles. The molecule has 2 aromatic heterocycles. The van der Waals surface area contributed by atoms with Crippen molar-refractivity contribution in [1.29, 1.82) is 0 Å². The highest BCUT2D eigenvalue weighted by atomic mass is 35.5. The number of furan rings is 1. The summed E-state index contributed by atoms with van der Waals surface area (Å²) in [4.78, 5) is 58.3. The maximum absolute atomic E-state index is 14.2. The molecule has 12 nitrogen and oxygen atoms in total. The number of carbonyl (C=O) groups excluding carboxylic acids is 3. The number of fused-ring (bicyclic) bond motifs is 1. The van der Waals surface area contributed by atoms with E-state index >= 15 is 0 Å². The van der Waals surface area contributed by atoms with Gasteiger partial charge in [-0.3, -0.25) is 14.2 Å². The molecule has 0 spiro atoms. The molecule has 276 valence electrons. The molecule has 1 aliphatic heterocycles. The van der Waals surface area contributed by atoms with E-state index in [9.17, 15) is 19.2 Å². The second-order valence-corrected chi connectivity index (χ2v) is 14.7. The summed E-state index contributed by atoms with van der Waals surface area (Å²) < 4.78 is 34.7. The molecule has 1 fully saturated rings. The van der Waals surface area contributed by atoms with Crippen LogP contribution >= 0.6 is 34.5 Å². The second kappa shape index (κ2) is 15.1. The highest BCUT2D eigenvalue weighted by Gasteiger charge is 2.61. The number of hydrogen-bond donors (Lipinski definition) is 0. The van der Waals surface area contributed by atoms with Crippen LogP contribution in [0.5, 0.6) is 23.0 Å². The molecule has 53 heavy (non-hydrogen) atoms. The van der Waals surface area contributed by atoms with Crippen LogP contribution in [0.4, 0.5) is 0 Å². The summed E-state index contributed by atoms with van der Waals surface area (Å²) in [5.41, 5.74) is 0.773. The number of nitrogens with zero attached hydrogens (tertiary/aromatic N) is 2. The fourth-order valence-electron chi connectivity index (χ4n) is 6.35. The van der Waals surface area contributed by atoms with Gasteiger partial charge in [0.15, 0.2) is 27.8 Å². The minimum Gasteiger partial charge on any atom is -0.493 e. The number of allylic oxidation sites excluding steroid dienone is 2. The van der Waals surface area contributed by atoms with E-state index in [2.05, 4.69) is 4.99 Å². The molecule has 0 N–H and O–H groups in total. The second-order valence-electron chi connectivity index (χ2n) is 12.7. The Balaban J connectivity index is 1.36. The molecule has 15 heteroatoms. The number of benzene rings is 2. The van der Waals surface area contributed by atoms with Crippen molar-refractivity contribution in [2.24, 2.45) is 22.2 Å². The minimum atomic E-state index is -0.966. The Labute approximate surface area is 317 Å².